The highest BCUT2D eigenvalue weighted by Gasteiger charge is 2.17. The first kappa shape index (κ1) is 26.5. The van der Waals surface area contributed by atoms with E-state index in [0.29, 0.717) is 23.1 Å². The molecule has 0 saturated heterocycles. The van der Waals surface area contributed by atoms with Crippen molar-refractivity contribution in [2.75, 3.05) is 56.9 Å². The maximum Gasteiger partial charge on any atom is 0.247 e. The Bertz CT molecular complexity index is 1460. The average molecular weight is 516 g/mol. The minimum Gasteiger partial charge on any atom is -0.497 e. The zero-order chi connectivity index (χ0) is 27.2. The third-order valence-electron chi connectivity index (χ3n) is 6.25. The van der Waals surface area contributed by atoms with Crippen molar-refractivity contribution in [3.05, 3.63) is 61.4 Å². The summed E-state index contributed by atoms with van der Waals surface area (Å²) in [5.41, 5.74) is 4.80. The molecule has 10 heteroatoms. The third kappa shape index (κ3) is 5.55. The molecule has 38 heavy (non-hydrogen) atoms. The average Bonchev–Trinajstić information content (AvgIpc) is 3.27. The van der Waals surface area contributed by atoms with E-state index in [-0.39, 0.29) is 5.91 Å². The first-order valence-corrected chi connectivity index (χ1v) is 12.1. The van der Waals surface area contributed by atoms with Gasteiger partial charge in [-0.15, -0.1) is 0 Å². The minimum atomic E-state index is -0.310. The molecule has 0 radical (unpaired) electrons. The standard InChI is InChI=1S/C28H33N7O3/c1-7-27(36)31-22-15-23(26(38-6)16-25(22)34(3)13-12-29-2)33-28-30-11-10-21(32-28)20-17-35(4)24-14-18(37-5)8-9-19(20)24/h7-11,14-17,29H,1,12-13H2,2-6H3,(H,31,36)(H,30,32,33). The molecule has 2 heterocycles. The van der Waals surface area contributed by atoms with Crippen molar-refractivity contribution in [2.24, 2.45) is 7.05 Å². The molecule has 198 valence electrons. The van der Waals surface area contributed by atoms with Crippen LogP contribution in [0, 0.1) is 0 Å². The second kappa shape index (κ2) is 11.7. The fraction of sp³-hybridized carbons (Fsp3) is 0.250. The number of aryl methyl sites for hydroxylation is 1. The summed E-state index contributed by atoms with van der Waals surface area (Å²) in [6.45, 7) is 5.07. The second-order valence-corrected chi connectivity index (χ2v) is 8.72. The van der Waals surface area contributed by atoms with Gasteiger partial charge in [-0.2, -0.15) is 0 Å². The van der Waals surface area contributed by atoms with Gasteiger partial charge in [-0.25, -0.2) is 9.97 Å². The Labute approximate surface area is 222 Å². The van der Waals surface area contributed by atoms with E-state index in [0.717, 1.165) is 46.7 Å². The largest absolute Gasteiger partial charge is 0.497 e. The van der Waals surface area contributed by atoms with Crippen molar-refractivity contribution >= 4 is 39.8 Å². The van der Waals surface area contributed by atoms with Gasteiger partial charge in [0.1, 0.15) is 11.5 Å². The Hall–Kier alpha value is -4.57. The van der Waals surface area contributed by atoms with Gasteiger partial charge in [0.25, 0.3) is 0 Å². The topological polar surface area (TPSA) is 106 Å². The fourth-order valence-corrected chi connectivity index (χ4v) is 4.22. The molecular weight excluding hydrogens is 482 g/mol. The molecule has 0 aliphatic carbocycles. The van der Waals surface area contributed by atoms with Gasteiger partial charge in [0.2, 0.25) is 11.9 Å². The number of likely N-dealkylation sites (N-methyl/N-ethyl adjacent to an activating group) is 2. The van der Waals surface area contributed by atoms with Crippen LogP contribution in [0.5, 0.6) is 11.5 Å². The molecule has 0 unspecified atom stereocenters. The Morgan fingerprint density at radius 1 is 1.16 bits per heavy atom. The molecule has 0 bridgehead atoms. The van der Waals surface area contributed by atoms with Gasteiger partial charge in [-0.05, 0) is 37.4 Å². The zero-order valence-electron chi connectivity index (χ0n) is 22.3. The number of nitrogens with one attached hydrogen (secondary N) is 3. The van der Waals surface area contributed by atoms with Crippen molar-refractivity contribution in [3.8, 4) is 22.8 Å². The predicted molar refractivity (Wildman–Crippen MR) is 153 cm³/mol. The number of ether oxygens (including phenoxy) is 2. The molecular formula is C28H33N7O3. The van der Waals surface area contributed by atoms with Crippen LogP contribution in [0.4, 0.5) is 23.0 Å². The van der Waals surface area contributed by atoms with Crippen molar-refractivity contribution in [1.82, 2.24) is 19.9 Å². The molecule has 10 nitrogen and oxygen atoms in total. The number of anilines is 4. The van der Waals surface area contributed by atoms with E-state index in [9.17, 15) is 4.79 Å². The number of nitrogens with zero attached hydrogens (tertiary/aromatic N) is 4. The van der Waals surface area contributed by atoms with Crippen LogP contribution in [-0.2, 0) is 11.8 Å². The molecule has 0 fully saturated rings. The van der Waals surface area contributed by atoms with Crippen molar-refractivity contribution in [1.29, 1.82) is 0 Å². The van der Waals surface area contributed by atoms with Gasteiger partial charge in [-0.1, -0.05) is 6.58 Å². The molecule has 2 aromatic carbocycles. The molecule has 0 atom stereocenters. The highest BCUT2D eigenvalue weighted by molar-refractivity contribution is 6.02. The number of carbonyl (C=O) groups excluding carboxylic acids is 1. The molecule has 2 aromatic heterocycles. The van der Waals surface area contributed by atoms with Crippen LogP contribution in [0.1, 0.15) is 0 Å². The summed E-state index contributed by atoms with van der Waals surface area (Å²) in [6.07, 6.45) is 4.98. The molecule has 0 aliphatic heterocycles. The van der Waals surface area contributed by atoms with E-state index < -0.39 is 0 Å². The third-order valence-corrected chi connectivity index (χ3v) is 6.25. The summed E-state index contributed by atoms with van der Waals surface area (Å²) >= 11 is 0. The lowest BCUT2D eigenvalue weighted by atomic mass is 10.1. The molecule has 4 aromatic rings. The summed E-state index contributed by atoms with van der Waals surface area (Å²) in [6, 6.07) is 11.5. The van der Waals surface area contributed by atoms with Gasteiger partial charge in [0, 0.05) is 62.7 Å². The summed E-state index contributed by atoms with van der Waals surface area (Å²) < 4.78 is 13.1. The summed E-state index contributed by atoms with van der Waals surface area (Å²) in [7, 11) is 9.09. The number of hydrogen-bond donors (Lipinski definition) is 3. The van der Waals surface area contributed by atoms with Crippen LogP contribution in [0.15, 0.2) is 61.4 Å². The van der Waals surface area contributed by atoms with Crippen LogP contribution < -0.4 is 30.3 Å². The van der Waals surface area contributed by atoms with Gasteiger partial charge in [0.05, 0.1) is 42.5 Å². The highest BCUT2D eigenvalue weighted by atomic mass is 16.5. The quantitative estimate of drug-likeness (QED) is 0.256. The van der Waals surface area contributed by atoms with Gasteiger partial charge in [0.15, 0.2) is 0 Å². The lowest BCUT2D eigenvalue weighted by Gasteiger charge is -2.24. The van der Waals surface area contributed by atoms with Crippen LogP contribution in [0.2, 0.25) is 0 Å². The Morgan fingerprint density at radius 2 is 1.97 bits per heavy atom. The normalized spacial score (nSPS) is 10.8. The summed E-state index contributed by atoms with van der Waals surface area (Å²) in [5.74, 6) is 1.46. The number of benzene rings is 2. The summed E-state index contributed by atoms with van der Waals surface area (Å²) in [5, 5.41) is 10.4. The van der Waals surface area contributed by atoms with Crippen molar-refractivity contribution in [2.45, 2.75) is 0 Å². The van der Waals surface area contributed by atoms with Gasteiger partial charge >= 0.3 is 0 Å². The number of fused-ring (bicyclic) bond motifs is 1. The molecule has 0 aliphatic rings. The first-order chi connectivity index (χ1) is 18.4. The van der Waals surface area contributed by atoms with E-state index in [1.807, 2.05) is 73.2 Å². The molecule has 1 amide bonds. The number of hydrogen-bond acceptors (Lipinski definition) is 8. The number of methoxy groups -OCH3 is 2. The van der Waals surface area contributed by atoms with Gasteiger partial charge in [-0.3, -0.25) is 4.79 Å². The van der Waals surface area contributed by atoms with E-state index in [2.05, 4.69) is 27.5 Å². The van der Waals surface area contributed by atoms with Crippen LogP contribution >= 0.6 is 0 Å². The summed E-state index contributed by atoms with van der Waals surface area (Å²) in [4.78, 5) is 23.4. The van der Waals surface area contributed by atoms with Gasteiger partial charge < -0.3 is 34.9 Å². The molecule has 0 saturated carbocycles. The molecule has 0 spiro atoms. The van der Waals surface area contributed by atoms with Crippen LogP contribution in [-0.4, -0.2) is 61.8 Å². The lowest BCUT2D eigenvalue weighted by Crippen LogP contribution is -2.28. The maximum atomic E-state index is 12.2. The van der Waals surface area contributed by atoms with Crippen LogP contribution in [0.25, 0.3) is 22.2 Å². The van der Waals surface area contributed by atoms with Crippen molar-refractivity contribution in [3.63, 3.8) is 0 Å². The Balaban J connectivity index is 1.72. The number of carbonyl (C=O) groups is 1. The van der Waals surface area contributed by atoms with E-state index in [1.54, 1.807) is 20.4 Å². The Kier molecular flexibility index (Phi) is 8.12. The number of aromatic nitrogens is 3. The SMILES string of the molecule is C=CC(=O)Nc1cc(Nc2nccc(-c3cn(C)c4cc(OC)ccc34)n2)c(OC)cc1N(C)CCNC. The maximum absolute atomic E-state index is 12.2. The van der Waals surface area contributed by atoms with E-state index in [4.69, 9.17) is 14.5 Å². The van der Waals surface area contributed by atoms with Crippen LogP contribution in [0.3, 0.4) is 0 Å². The lowest BCUT2D eigenvalue weighted by molar-refractivity contribution is -0.111. The van der Waals surface area contributed by atoms with E-state index >= 15 is 0 Å². The smallest absolute Gasteiger partial charge is 0.247 e. The van der Waals surface area contributed by atoms with Crippen molar-refractivity contribution < 1.29 is 14.3 Å². The Morgan fingerprint density at radius 3 is 2.68 bits per heavy atom. The minimum absolute atomic E-state index is 0.310. The predicted octanol–water partition coefficient (Wildman–Crippen LogP) is 4.18. The number of rotatable bonds is 11. The zero-order valence-corrected chi connectivity index (χ0v) is 22.3. The highest BCUT2D eigenvalue weighted by Crippen LogP contribution is 2.38. The molecule has 3 N–H and O–H groups in total. The number of amides is 1. The first-order valence-electron chi connectivity index (χ1n) is 12.1. The fourth-order valence-electron chi connectivity index (χ4n) is 4.22. The second-order valence-electron chi connectivity index (χ2n) is 8.72. The molecule has 4 rings (SSSR count). The monoisotopic (exact) mass is 515 g/mol. The van der Waals surface area contributed by atoms with E-state index in [1.165, 1.54) is 6.08 Å².